The molecule has 0 saturated carbocycles. The number of aromatic nitrogens is 3. The maximum atomic E-state index is 6.15. The van der Waals surface area contributed by atoms with Gasteiger partial charge in [0.05, 0.1) is 16.1 Å². The zero-order chi connectivity index (χ0) is 11.0. The predicted molar refractivity (Wildman–Crippen MR) is 64.3 cm³/mol. The van der Waals surface area contributed by atoms with Crippen molar-refractivity contribution in [2.75, 3.05) is 0 Å². The van der Waals surface area contributed by atoms with E-state index in [9.17, 15) is 0 Å². The van der Waals surface area contributed by atoms with Crippen molar-refractivity contribution in [2.24, 2.45) is 0 Å². The van der Waals surface area contributed by atoms with Gasteiger partial charge < -0.3 is 0 Å². The van der Waals surface area contributed by atoms with Crippen LogP contribution in [-0.4, -0.2) is 15.2 Å². The molecule has 3 rings (SSSR count). The van der Waals surface area contributed by atoms with Gasteiger partial charge >= 0.3 is 0 Å². The summed E-state index contributed by atoms with van der Waals surface area (Å²) in [7, 11) is 0. The van der Waals surface area contributed by atoms with Crippen LogP contribution < -0.4 is 0 Å². The molecule has 4 heteroatoms. The van der Waals surface area contributed by atoms with Crippen LogP contribution in [-0.2, 0) is 0 Å². The number of hydrogen-bond donors (Lipinski definition) is 1. The van der Waals surface area contributed by atoms with Crippen LogP contribution in [0.5, 0.6) is 0 Å². The Bertz CT molecular complexity index is 631. The fraction of sp³-hybridized carbons (Fsp3) is 0. The average molecular weight is 230 g/mol. The average Bonchev–Trinajstić information content (AvgIpc) is 2.75. The Labute approximate surface area is 97.1 Å². The van der Waals surface area contributed by atoms with Crippen molar-refractivity contribution in [1.29, 1.82) is 0 Å². The van der Waals surface area contributed by atoms with E-state index in [0.29, 0.717) is 10.7 Å². The van der Waals surface area contributed by atoms with E-state index in [1.807, 2.05) is 30.3 Å². The van der Waals surface area contributed by atoms with Gasteiger partial charge in [0.1, 0.15) is 0 Å². The highest BCUT2D eigenvalue weighted by atomic mass is 35.5. The molecule has 2 heterocycles. The molecule has 0 aliphatic carbocycles. The topological polar surface area (TPSA) is 41.6 Å². The number of pyridine rings is 1. The second-order valence-corrected chi connectivity index (χ2v) is 3.86. The summed E-state index contributed by atoms with van der Waals surface area (Å²) in [5.74, 6) is 0. The summed E-state index contributed by atoms with van der Waals surface area (Å²) >= 11 is 6.15. The highest BCUT2D eigenvalue weighted by Gasteiger charge is 2.10. The summed E-state index contributed by atoms with van der Waals surface area (Å²) < 4.78 is 0. The molecule has 3 nitrogen and oxygen atoms in total. The highest BCUT2D eigenvalue weighted by molar-refractivity contribution is 6.36. The van der Waals surface area contributed by atoms with E-state index < -0.39 is 0 Å². The number of H-pyrrole nitrogens is 1. The standard InChI is InChI=1S/C12H8ClN3/c13-9-6-7-14-12-10(9)11(15-16-12)8-4-2-1-3-5-8/h1-7H,(H,14,15,16). The summed E-state index contributed by atoms with van der Waals surface area (Å²) in [5.41, 5.74) is 2.61. The maximum Gasteiger partial charge on any atom is 0.183 e. The van der Waals surface area contributed by atoms with Gasteiger partial charge in [-0.1, -0.05) is 41.9 Å². The van der Waals surface area contributed by atoms with Crippen molar-refractivity contribution in [3.8, 4) is 11.3 Å². The Morgan fingerprint density at radius 2 is 1.88 bits per heavy atom. The monoisotopic (exact) mass is 229 g/mol. The lowest BCUT2D eigenvalue weighted by atomic mass is 10.1. The van der Waals surface area contributed by atoms with E-state index in [1.165, 1.54) is 0 Å². The molecule has 0 unspecified atom stereocenters. The summed E-state index contributed by atoms with van der Waals surface area (Å²) in [6.07, 6.45) is 1.65. The first-order valence-electron chi connectivity index (χ1n) is 4.90. The number of fused-ring (bicyclic) bond motifs is 1. The number of benzene rings is 1. The minimum absolute atomic E-state index is 0.645. The van der Waals surface area contributed by atoms with Crippen LogP contribution in [0.1, 0.15) is 0 Å². The molecule has 0 spiro atoms. The van der Waals surface area contributed by atoms with Crippen molar-refractivity contribution >= 4 is 22.6 Å². The van der Waals surface area contributed by atoms with E-state index >= 15 is 0 Å². The summed E-state index contributed by atoms with van der Waals surface area (Å²) in [6, 6.07) is 11.7. The molecule has 0 aliphatic rings. The minimum atomic E-state index is 0.645. The first-order chi connectivity index (χ1) is 7.86. The van der Waals surface area contributed by atoms with Crippen LogP contribution in [0.3, 0.4) is 0 Å². The van der Waals surface area contributed by atoms with Gasteiger partial charge in [-0.05, 0) is 6.07 Å². The van der Waals surface area contributed by atoms with Gasteiger partial charge in [-0.15, -0.1) is 0 Å². The fourth-order valence-electron chi connectivity index (χ4n) is 1.72. The third-order valence-corrected chi connectivity index (χ3v) is 2.78. The molecule has 0 amide bonds. The maximum absolute atomic E-state index is 6.15. The van der Waals surface area contributed by atoms with Gasteiger partial charge in [0.2, 0.25) is 0 Å². The van der Waals surface area contributed by atoms with Crippen LogP contribution >= 0.6 is 11.6 Å². The number of aromatic amines is 1. The van der Waals surface area contributed by atoms with Crippen molar-refractivity contribution in [3.63, 3.8) is 0 Å². The molecule has 2 aromatic heterocycles. The van der Waals surface area contributed by atoms with Crippen LogP contribution in [0, 0.1) is 0 Å². The SMILES string of the molecule is Clc1ccnc2n[nH]c(-c3ccccc3)c12. The normalized spacial score (nSPS) is 10.8. The minimum Gasteiger partial charge on any atom is -0.275 e. The molecule has 1 aromatic carbocycles. The van der Waals surface area contributed by atoms with Crippen molar-refractivity contribution in [2.45, 2.75) is 0 Å². The van der Waals surface area contributed by atoms with E-state index in [2.05, 4.69) is 15.2 Å². The van der Waals surface area contributed by atoms with Crippen molar-refractivity contribution in [1.82, 2.24) is 15.2 Å². The molecule has 0 atom stereocenters. The molecular formula is C12H8ClN3. The number of rotatable bonds is 1. The van der Waals surface area contributed by atoms with Gasteiger partial charge in [0, 0.05) is 11.8 Å². The molecule has 0 bridgehead atoms. The zero-order valence-electron chi connectivity index (χ0n) is 8.31. The van der Waals surface area contributed by atoms with Crippen LogP contribution in [0.25, 0.3) is 22.3 Å². The van der Waals surface area contributed by atoms with Crippen LogP contribution in [0.15, 0.2) is 42.6 Å². The Morgan fingerprint density at radius 3 is 2.69 bits per heavy atom. The van der Waals surface area contributed by atoms with Crippen molar-refractivity contribution < 1.29 is 0 Å². The van der Waals surface area contributed by atoms with Crippen LogP contribution in [0.4, 0.5) is 0 Å². The predicted octanol–water partition coefficient (Wildman–Crippen LogP) is 3.28. The zero-order valence-corrected chi connectivity index (χ0v) is 9.07. The number of hydrogen-bond acceptors (Lipinski definition) is 2. The first-order valence-corrected chi connectivity index (χ1v) is 5.28. The lowest BCUT2D eigenvalue weighted by Crippen LogP contribution is -1.79. The van der Waals surface area contributed by atoms with E-state index in [4.69, 9.17) is 11.6 Å². The number of nitrogens with zero attached hydrogens (tertiary/aromatic N) is 2. The van der Waals surface area contributed by atoms with Crippen molar-refractivity contribution in [3.05, 3.63) is 47.6 Å². The lowest BCUT2D eigenvalue weighted by molar-refractivity contribution is 1.10. The summed E-state index contributed by atoms with van der Waals surface area (Å²) in [4.78, 5) is 4.16. The van der Waals surface area contributed by atoms with E-state index in [-0.39, 0.29) is 0 Å². The molecule has 0 radical (unpaired) electrons. The molecule has 0 saturated heterocycles. The highest BCUT2D eigenvalue weighted by Crippen LogP contribution is 2.30. The van der Waals surface area contributed by atoms with E-state index in [0.717, 1.165) is 16.6 Å². The van der Waals surface area contributed by atoms with Gasteiger partial charge in [-0.25, -0.2) is 4.98 Å². The molecule has 3 aromatic rings. The Morgan fingerprint density at radius 1 is 1.06 bits per heavy atom. The van der Waals surface area contributed by atoms with Crippen LogP contribution in [0.2, 0.25) is 5.02 Å². The largest absolute Gasteiger partial charge is 0.275 e. The van der Waals surface area contributed by atoms with Gasteiger partial charge in [-0.2, -0.15) is 5.10 Å². The third kappa shape index (κ3) is 1.37. The number of nitrogens with one attached hydrogen (secondary N) is 1. The second kappa shape index (κ2) is 3.61. The van der Waals surface area contributed by atoms with Gasteiger partial charge in [0.25, 0.3) is 0 Å². The fourth-order valence-corrected chi connectivity index (χ4v) is 1.96. The molecule has 16 heavy (non-hydrogen) atoms. The molecule has 78 valence electrons. The second-order valence-electron chi connectivity index (χ2n) is 3.46. The summed E-state index contributed by atoms with van der Waals surface area (Å²) in [6.45, 7) is 0. The lowest BCUT2D eigenvalue weighted by Gasteiger charge is -1.98. The van der Waals surface area contributed by atoms with Gasteiger partial charge in [-0.3, -0.25) is 5.10 Å². The first kappa shape index (κ1) is 9.36. The van der Waals surface area contributed by atoms with Gasteiger partial charge in [0.15, 0.2) is 5.65 Å². The molecule has 1 N–H and O–H groups in total. The Kier molecular flexibility index (Phi) is 2.11. The third-order valence-electron chi connectivity index (χ3n) is 2.47. The molecule has 0 aliphatic heterocycles. The Hall–Kier alpha value is -1.87. The summed E-state index contributed by atoms with van der Waals surface area (Å²) in [5, 5.41) is 8.64. The van der Waals surface area contributed by atoms with E-state index in [1.54, 1.807) is 12.3 Å². The smallest absolute Gasteiger partial charge is 0.183 e. The Balaban J connectivity index is 2.33. The molecular weight excluding hydrogens is 222 g/mol. The quantitative estimate of drug-likeness (QED) is 0.696. The number of halogens is 1. The molecule has 0 fully saturated rings.